The summed E-state index contributed by atoms with van der Waals surface area (Å²) in [5, 5.41) is 0. The molecule has 0 bridgehead atoms. The number of benzene rings is 2. The lowest BCUT2D eigenvalue weighted by molar-refractivity contribution is 0.0985. The first-order valence-corrected chi connectivity index (χ1v) is 10.4. The number of carbonyl (C=O) groups excluding carboxylic acids is 1. The maximum absolute atomic E-state index is 13.0. The maximum Gasteiger partial charge on any atom is 0.258 e. The van der Waals surface area contributed by atoms with Crippen LogP contribution in [0.15, 0.2) is 42.5 Å². The van der Waals surface area contributed by atoms with Gasteiger partial charge in [0.1, 0.15) is 0 Å². The molecule has 26 heavy (non-hydrogen) atoms. The van der Waals surface area contributed by atoms with Gasteiger partial charge in [-0.15, -0.1) is 0 Å². The number of fused-ring (bicyclic) bond motifs is 1. The third-order valence-electron chi connectivity index (χ3n) is 4.39. The second-order valence-electron chi connectivity index (χ2n) is 6.41. The fourth-order valence-electron chi connectivity index (χ4n) is 3.23. The van der Waals surface area contributed by atoms with Crippen molar-refractivity contribution in [2.45, 2.75) is 26.2 Å². The molecule has 0 radical (unpaired) electrons. The smallest absolute Gasteiger partial charge is 0.258 e. The van der Waals surface area contributed by atoms with Crippen LogP contribution in [-0.4, -0.2) is 26.6 Å². The van der Waals surface area contributed by atoms with Crippen molar-refractivity contribution in [1.82, 2.24) is 0 Å². The van der Waals surface area contributed by atoms with Gasteiger partial charge in [-0.3, -0.25) is 9.52 Å². The van der Waals surface area contributed by atoms with Gasteiger partial charge in [-0.05, 0) is 55.2 Å². The van der Waals surface area contributed by atoms with Crippen LogP contribution in [0.1, 0.15) is 35.7 Å². The Bertz CT molecular complexity index is 925. The molecule has 6 nitrogen and oxygen atoms in total. The average Bonchev–Trinajstić information content (AvgIpc) is 2.61. The molecule has 0 spiro atoms. The molecule has 0 aliphatic carbocycles. The number of nitrogens with two attached hydrogens (primary N) is 1. The van der Waals surface area contributed by atoms with Gasteiger partial charge < -0.3 is 10.6 Å². The zero-order valence-corrected chi connectivity index (χ0v) is 15.6. The highest BCUT2D eigenvalue weighted by molar-refractivity contribution is 7.92. The van der Waals surface area contributed by atoms with Gasteiger partial charge in [0.2, 0.25) is 10.0 Å². The number of nitrogens with zero attached hydrogens (tertiary/aromatic N) is 1. The van der Waals surface area contributed by atoms with E-state index in [-0.39, 0.29) is 11.7 Å². The Balaban J connectivity index is 1.88. The number of nitrogens with one attached hydrogen (secondary N) is 1. The van der Waals surface area contributed by atoms with Crippen LogP contribution in [0.25, 0.3) is 0 Å². The first-order chi connectivity index (χ1) is 12.4. The van der Waals surface area contributed by atoms with E-state index in [1.807, 2.05) is 18.2 Å². The van der Waals surface area contributed by atoms with E-state index in [1.165, 1.54) is 0 Å². The highest BCUT2D eigenvalue weighted by Crippen LogP contribution is 2.32. The summed E-state index contributed by atoms with van der Waals surface area (Å²) in [5.41, 5.74) is 9.41. The maximum atomic E-state index is 13.0. The minimum absolute atomic E-state index is 0.0456. The number of rotatable bonds is 5. The minimum atomic E-state index is -3.40. The Morgan fingerprint density at radius 1 is 1.23 bits per heavy atom. The summed E-state index contributed by atoms with van der Waals surface area (Å²) in [4.78, 5) is 14.7. The SMILES string of the molecule is CCCS(=O)(=O)Nc1cccc(C(=O)N2CCCc3c(N)cccc32)c1. The van der Waals surface area contributed by atoms with E-state index >= 15 is 0 Å². The van der Waals surface area contributed by atoms with Gasteiger partial charge in [-0.1, -0.05) is 19.1 Å². The molecule has 1 aliphatic heterocycles. The van der Waals surface area contributed by atoms with Crippen LogP contribution in [0, 0.1) is 0 Å². The van der Waals surface area contributed by atoms with Crippen molar-refractivity contribution in [2.75, 3.05) is 27.7 Å². The average molecular weight is 373 g/mol. The van der Waals surface area contributed by atoms with Crippen LogP contribution in [0.4, 0.5) is 17.1 Å². The van der Waals surface area contributed by atoms with Crippen molar-refractivity contribution < 1.29 is 13.2 Å². The van der Waals surface area contributed by atoms with E-state index in [0.717, 1.165) is 24.1 Å². The molecular weight excluding hydrogens is 350 g/mol. The molecular formula is C19H23N3O3S. The number of amides is 1. The molecule has 7 heteroatoms. The third kappa shape index (κ3) is 3.83. The fraction of sp³-hybridized carbons (Fsp3) is 0.316. The Morgan fingerprint density at radius 2 is 2.00 bits per heavy atom. The number of nitrogen functional groups attached to an aromatic ring is 1. The van der Waals surface area contributed by atoms with Crippen molar-refractivity contribution in [3.63, 3.8) is 0 Å². The molecule has 1 amide bonds. The molecule has 1 heterocycles. The molecule has 3 rings (SSSR count). The number of carbonyl (C=O) groups is 1. The first-order valence-electron chi connectivity index (χ1n) is 8.71. The summed E-state index contributed by atoms with van der Waals surface area (Å²) in [6.07, 6.45) is 2.22. The Labute approximate surface area is 154 Å². The summed E-state index contributed by atoms with van der Waals surface area (Å²) in [6.45, 7) is 2.42. The molecule has 3 N–H and O–H groups in total. The number of sulfonamides is 1. The Morgan fingerprint density at radius 3 is 2.77 bits per heavy atom. The monoisotopic (exact) mass is 373 g/mol. The van der Waals surface area contributed by atoms with Crippen LogP contribution in [0.5, 0.6) is 0 Å². The molecule has 2 aromatic rings. The van der Waals surface area contributed by atoms with E-state index in [2.05, 4.69) is 4.72 Å². The van der Waals surface area contributed by atoms with Crippen molar-refractivity contribution >= 4 is 33.0 Å². The van der Waals surface area contributed by atoms with Crippen LogP contribution in [0.3, 0.4) is 0 Å². The van der Waals surface area contributed by atoms with Crippen molar-refractivity contribution in [3.8, 4) is 0 Å². The third-order valence-corrected chi connectivity index (χ3v) is 5.88. The topological polar surface area (TPSA) is 92.5 Å². The van der Waals surface area contributed by atoms with Crippen molar-refractivity contribution in [2.24, 2.45) is 0 Å². The van der Waals surface area contributed by atoms with Crippen LogP contribution in [0.2, 0.25) is 0 Å². The molecule has 0 aromatic heterocycles. The van der Waals surface area contributed by atoms with Crippen LogP contribution >= 0.6 is 0 Å². The highest BCUT2D eigenvalue weighted by Gasteiger charge is 2.25. The second-order valence-corrected chi connectivity index (χ2v) is 8.25. The lowest BCUT2D eigenvalue weighted by Gasteiger charge is -2.30. The Kier molecular flexibility index (Phi) is 5.18. The molecule has 0 unspecified atom stereocenters. The highest BCUT2D eigenvalue weighted by atomic mass is 32.2. The largest absolute Gasteiger partial charge is 0.398 e. The number of anilines is 3. The summed E-state index contributed by atoms with van der Waals surface area (Å²) >= 11 is 0. The lowest BCUT2D eigenvalue weighted by atomic mass is 9.99. The number of hydrogen-bond acceptors (Lipinski definition) is 4. The normalized spacial score (nSPS) is 14.0. The molecule has 1 aliphatic rings. The van der Waals surface area contributed by atoms with E-state index in [4.69, 9.17) is 5.73 Å². The van der Waals surface area contributed by atoms with Crippen LogP contribution in [-0.2, 0) is 16.4 Å². The zero-order chi connectivity index (χ0) is 18.7. The molecule has 138 valence electrons. The summed E-state index contributed by atoms with van der Waals surface area (Å²) in [7, 11) is -3.40. The van der Waals surface area contributed by atoms with E-state index in [1.54, 1.807) is 36.1 Å². The van der Waals surface area contributed by atoms with Gasteiger partial charge in [0, 0.05) is 29.2 Å². The van der Waals surface area contributed by atoms with Gasteiger partial charge in [-0.2, -0.15) is 0 Å². The predicted molar refractivity (Wildman–Crippen MR) is 105 cm³/mol. The summed E-state index contributed by atoms with van der Waals surface area (Å²) in [6, 6.07) is 12.2. The molecule has 0 fully saturated rings. The van der Waals surface area contributed by atoms with Gasteiger partial charge >= 0.3 is 0 Å². The standard InChI is InChI=1S/C19H23N3O3S/c1-2-12-26(24,25)21-15-7-3-6-14(13-15)19(23)22-11-5-8-16-17(20)9-4-10-18(16)22/h3-4,6-7,9-10,13,21H,2,5,8,11-12,20H2,1H3. The van der Waals surface area contributed by atoms with Gasteiger partial charge in [0.25, 0.3) is 5.91 Å². The van der Waals surface area contributed by atoms with Crippen molar-refractivity contribution in [3.05, 3.63) is 53.6 Å². The van der Waals surface area contributed by atoms with Crippen LogP contribution < -0.4 is 15.4 Å². The predicted octanol–water partition coefficient (Wildman–Crippen LogP) is 3.01. The fourth-order valence-corrected chi connectivity index (χ4v) is 4.36. The van der Waals surface area contributed by atoms with Gasteiger partial charge in [0.15, 0.2) is 0 Å². The second kappa shape index (κ2) is 7.37. The molecule has 0 saturated carbocycles. The van der Waals surface area contributed by atoms with E-state index in [9.17, 15) is 13.2 Å². The zero-order valence-electron chi connectivity index (χ0n) is 14.7. The molecule has 2 aromatic carbocycles. The number of hydrogen-bond donors (Lipinski definition) is 2. The molecule has 0 atom stereocenters. The lowest BCUT2D eigenvalue weighted by Crippen LogP contribution is -2.35. The van der Waals surface area contributed by atoms with Gasteiger partial charge in [0.05, 0.1) is 5.75 Å². The van der Waals surface area contributed by atoms with Crippen molar-refractivity contribution in [1.29, 1.82) is 0 Å². The molecule has 0 saturated heterocycles. The Hall–Kier alpha value is -2.54. The minimum Gasteiger partial charge on any atom is -0.398 e. The first kappa shape index (κ1) is 18.3. The van der Waals surface area contributed by atoms with E-state index < -0.39 is 10.0 Å². The summed E-state index contributed by atoms with van der Waals surface area (Å²) < 4.78 is 26.5. The van der Waals surface area contributed by atoms with Gasteiger partial charge in [-0.25, -0.2) is 8.42 Å². The van der Waals surface area contributed by atoms with E-state index in [0.29, 0.717) is 29.9 Å². The summed E-state index contributed by atoms with van der Waals surface area (Å²) in [5.74, 6) is -0.114. The quantitative estimate of drug-likeness (QED) is 0.788.